The fraction of sp³-hybridized carbons (Fsp3) is 0.562. The first-order valence-electron chi connectivity index (χ1n) is 7.12. The van der Waals surface area contributed by atoms with Crippen LogP contribution in [0.5, 0.6) is 0 Å². The molecule has 0 amide bonds. The van der Waals surface area contributed by atoms with Crippen LogP contribution in [0.2, 0.25) is 0 Å². The Morgan fingerprint density at radius 1 is 1.40 bits per heavy atom. The van der Waals surface area contributed by atoms with Gasteiger partial charge in [0.05, 0.1) is 26.4 Å². The third-order valence-electron chi connectivity index (χ3n) is 4.30. The first-order valence-corrected chi connectivity index (χ1v) is 7.12. The molecule has 1 aromatic rings. The number of ether oxygens (including phenoxy) is 3. The van der Waals surface area contributed by atoms with Crippen molar-refractivity contribution < 1.29 is 19.0 Å². The summed E-state index contributed by atoms with van der Waals surface area (Å²) in [5, 5.41) is 0. The van der Waals surface area contributed by atoms with E-state index in [-0.39, 0.29) is 18.2 Å². The smallest absolute Gasteiger partial charge is 0.316 e. The van der Waals surface area contributed by atoms with E-state index in [1.165, 1.54) is 7.11 Å². The van der Waals surface area contributed by atoms with Crippen molar-refractivity contribution in [1.29, 1.82) is 0 Å². The van der Waals surface area contributed by atoms with Crippen LogP contribution in [0, 0.1) is 5.41 Å². The molecule has 0 N–H and O–H groups in total. The molecule has 0 unspecified atom stereocenters. The van der Waals surface area contributed by atoms with Crippen LogP contribution < -0.4 is 0 Å². The van der Waals surface area contributed by atoms with Crippen LogP contribution in [-0.4, -0.2) is 31.9 Å². The van der Waals surface area contributed by atoms with Gasteiger partial charge in [-0.1, -0.05) is 30.3 Å². The molecule has 1 heterocycles. The van der Waals surface area contributed by atoms with Crippen LogP contribution >= 0.6 is 0 Å². The Balaban J connectivity index is 1.64. The molecule has 1 aliphatic carbocycles. The zero-order valence-electron chi connectivity index (χ0n) is 11.7. The summed E-state index contributed by atoms with van der Waals surface area (Å²) >= 11 is 0. The normalized spacial score (nSPS) is 31.4. The second-order valence-electron chi connectivity index (χ2n) is 5.61. The highest BCUT2D eigenvalue weighted by Crippen LogP contribution is 2.50. The SMILES string of the molecule is COC(=O)[C@]1(COCc2ccccc2)CCC[C@@H]2O[C@@H]21. The average Bonchev–Trinajstić information content (AvgIpc) is 3.28. The van der Waals surface area contributed by atoms with Gasteiger partial charge in [0.25, 0.3) is 0 Å². The van der Waals surface area contributed by atoms with Crippen molar-refractivity contribution in [2.24, 2.45) is 5.41 Å². The summed E-state index contributed by atoms with van der Waals surface area (Å²) in [4.78, 5) is 12.2. The number of rotatable bonds is 5. The summed E-state index contributed by atoms with van der Waals surface area (Å²) in [7, 11) is 1.44. The highest BCUT2D eigenvalue weighted by molar-refractivity contribution is 5.78. The Kier molecular flexibility index (Phi) is 3.76. The predicted molar refractivity (Wildman–Crippen MR) is 73.1 cm³/mol. The van der Waals surface area contributed by atoms with Gasteiger partial charge < -0.3 is 14.2 Å². The summed E-state index contributed by atoms with van der Waals surface area (Å²) in [6.45, 7) is 0.882. The lowest BCUT2D eigenvalue weighted by atomic mass is 9.74. The number of epoxide rings is 1. The largest absolute Gasteiger partial charge is 0.468 e. The zero-order valence-corrected chi connectivity index (χ0v) is 11.7. The van der Waals surface area contributed by atoms with Gasteiger partial charge in [0.15, 0.2) is 0 Å². The van der Waals surface area contributed by atoms with Crippen molar-refractivity contribution >= 4 is 5.97 Å². The van der Waals surface area contributed by atoms with Gasteiger partial charge in [0.1, 0.15) is 11.5 Å². The van der Waals surface area contributed by atoms with Crippen molar-refractivity contribution in [3.05, 3.63) is 35.9 Å². The van der Waals surface area contributed by atoms with E-state index < -0.39 is 5.41 Å². The molecule has 2 aliphatic rings. The molecule has 4 heteroatoms. The highest BCUT2D eigenvalue weighted by Gasteiger charge is 2.61. The Morgan fingerprint density at radius 3 is 2.95 bits per heavy atom. The number of carbonyl (C=O) groups excluding carboxylic acids is 1. The van der Waals surface area contributed by atoms with Crippen LogP contribution in [0.3, 0.4) is 0 Å². The number of benzene rings is 1. The van der Waals surface area contributed by atoms with E-state index in [4.69, 9.17) is 14.2 Å². The van der Waals surface area contributed by atoms with Gasteiger partial charge in [-0.05, 0) is 24.8 Å². The topological polar surface area (TPSA) is 48.1 Å². The quantitative estimate of drug-likeness (QED) is 0.611. The van der Waals surface area contributed by atoms with Gasteiger partial charge in [0.2, 0.25) is 0 Å². The maximum absolute atomic E-state index is 12.2. The number of esters is 1. The second kappa shape index (κ2) is 5.54. The van der Waals surface area contributed by atoms with Crippen LogP contribution in [0.4, 0.5) is 0 Å². The minimum atomic E-state index is -0.605. The summed E-state index contributed by atoms with van der Waals surface area (Å²) in [5.74, 6) is -0.197. The monoisotopic (exact) mass is 276 g/mol. The van der Waals surface area contributed by atoms with E-state index in [1.54, 1.807) is 0 Å². The Morgan fingerprint density at radius 2 is 2.20 bits per heavy atom. The first-order chi connectivity index (χ1) is 9.76. The number of carbonyl (C=O) groups is 1. The summed E-state index contributed by atoms with van der Waals surface area (Å²) in [6.07, 6.45) is 3.03. The van der Waals surface area contributed by atoms with E-state index in [2.05, 4.69) is 0 Å². The molecule has 3 rings (SSSR count). The summed E-state index contributed by atoms with van der Waals surface area (Å²) in [6, 6.07) is 9.97. The number of hydrogen-bond acceptors (Lipinski definition) is 4. The summed E-state index contributed by atoms with van der Waals surface area (Å²) < 4.78 is 16.4. The van der Waals surface area contributed by atoms with Crippen molar-refractivity contribution in [3.63, 3.8) is 0 Å². The summed E-state index contributed by atoms with van der Waals surface area (Å²) in [5.41, 5.74) is 0.503. The van der Waals surface area contributed by atoms with Gasteiger partial charge in [0, 0.05) is 0 Å². The molecule has 0 spiro atoms. The van der Waals surface area contributed by atoms with Crippen molar-refractivity contribution in [2.75, 3.05) is 13.7 Å². The van der Waals surface area contributed by atoms with Crippen LogP contribution in [-0.2, 0) is 25.6 Å². The molecule has 0 radical (unpaired) electrons. The van der Waals surface area contributed by atoms with Crippen molar-refractivity contribution in [1.82, 2.24) is 0 Å². The average molecular weight is 276 g/mol. The van der Waals surface area contributed by atoms with Crippen LogP contribution in [0.25, 0.3) is 0 Å². The molecule has 1 aromatic carbocycles. The van der Waals surface area contributed by atoms with E-state index >= 15 is 0 Å². The zero-order chi connectivity index (χ0) is 14.0. The van der Waals surface area contributed by atoms with Gasteiger partial charge in [-0.3, -0.25) is 4.79 Å². The van der Waals surface area contributed by atoms with Crippen LogP contribution in [0.1, 0.15) is 24.8 Å². The van der Waals surface area contributed by atoms with Gasteiger partial charge in [-0.15, -0.1) is 0 Å². The Labute approximate surface area is 119 Å². The lowest BCUT2D eigenvalue weighted by Crippen LogP contribution is -2.44. The van der Waals surface area contributed by atoms with E-state index in [9.17, 15) is 4.79 Å². The molecular formula is C16H20O4. The first kappa shape index (κ1) is 13.6. The van der Waals surface area contributed by atoms with Crippen molar-refractivity contribution in [2.45, 2.75) is 38.1 Å². The molecular weight excluding hydrogens is 256 g/mol. The number of hydrogen-bond donors (Lipinski definition) is 0. The minimum absolute atomic E-state index is 0.0144. The third kappa shape index (κ3) is 2.45. The number of fused-ring (bicyclic) bond motifs is 1. The van der Waals surface area contributed by atoms with Gasteiger partial charge in [-0.25, -0.2) is 0 Å². The Hall–Kier alpha value is -1.39. The van der Waals surface area contributed by atoms with E-state index in [0.29, 0.717) is 13.2 Å². The minimum Gasteiger partial charge on any atom is -0.468 e. The molecule has 0 aromatic heterocycles. The molecule has 1 aliphatic heterocycles. The van der Waals surface area contributed by atoms with Gasteiger partial charge >= 0.3 is 5.97 Å². The second-order valence-corrected chi connectivity index (χ2v) is 5.61. The molecule has 108 valence electrons. The molecule has 20 heavy (non-hydrogen) atoms. The van der Waals surface area contributed by atoms with Crippen molar-refractivity contribution in [3.8, 4) is 0 Å². The molecule has 2 fully saturated rings. The highest BCUT2D eigenvalue weighted by atomic mass is 16.6. The molecule has 0 bridgehead atoms. The lowest BCUT2D eigenvalue weighted by Gasteiger charge is -2.31. The lowest BCUT2D eigenvalue weighted by molar-refractivity contribution is -0.160. The van der Waals surface area contributed by atoms with E-state index in [0.717, 1.165) is 24.8 Å². The predicted octanol–water partition coefficient (Wildman–Crippen LogP) is 2.31. The number of methoxy groups -OCH3 is 1. The maximum atomic E-state index is 12.2. The third-order valence-corrected chi connectivity index (χ3v) is 4.30. The van der Waals surface area contributed by atoms with Gasteiger partial charge in [-0.2, -0.15) is 0 Å². The molecule has 4 nitrogen and oxygen atoms in total. The fourth-order valence-electron chi connectivity index (χ4n) is 3.17. The fourth-order valence-corrected chi connectivity index (χ4v) is 3.17. The van der Waals surface area contributed by atoms with E-state index in [1.807, 2.05) is 30.3 Å². The van der Waals surface area contributed by atoms with Crippen LogP contribution in [0.15, 0.2) is 30.3 Å². The maximum Gasteiger partial charge on any atom is 0.316 e. The Bertz CT molecular complexity index is 473. The molecule has 1 saturated carbocycles. The standard InChI is InChI=1S/C16H20O4/c1-18-15(17)16(9-5-8-13-14(16)20-13)11-19-10-12-6-3-2-4-7-12/h2-4,6-7,13-14H,5,8-11H2,1H3/t13-,14-,16-/m0/s1. The molecule has 3 atom stereocenters. The molecule has 1 saturated heterocycles.